The quantitative estimate of drug-likeness (QED) is 0.797. The highest BCUT2D eigenvalue weighted by atomic mass is 16.2. The molecular formula is C13H13N3O2. The molecule has 0 saturated carbocycles. The van der Waals surface area contributed by atoms with Gasteiger partial charge in [-0.2, -0.15) is 0 Å². The molecule has 0 unspecified atom stereocenters. The van der Waals surface area contributed by atoms with Crippen LogP contribution < -0.4 is 5.32 Å². The van der Waals surface area contributed by atoms with Gasteiger partial charge in [-0.25, -0.2) is 4.98 Å². The van der Waals surface area contributed by atoms with E-state index in [0.717, 1.165) is 5.56 Å². The van der Waals surface area contributed by atoms with Gasteiger partial charge in [0.1, 0.15) is 12.2 Å². The second-order valence-electron chi connectivity index (χ2n) is 3.85. The summed E-state index contributed by atoms with van der Waals surface area (Å²) in [6.07, 6.45) is 3.65. The van der Waals surface area contributed by atoms with Crippen molar-refractivity contribution in [3.8, 4) is 0 Å². The second-order valence-corrected chi connectivity index (χ2v) is 3.85. The number of nitrogens with one attached hydrogen (secondary N) is 1. The first-order chi connectivity index (χ1) is 8.78. The minimum atomic E-state index is -0.117. The van der Waals surface area contributed by atoms with Crippen LogP contribution >= 0.6 is 0 Å². The predicted molar refractivity (Wildman–Crippen MR) is 65.9 cm³/mol. The molecule has 0 bridgehead atoms. The van der Waals surface area contributed by atoms with Crippen LogP contribution in [-0.2, 0) is 17.9 Å². The van der Waals surface area contributed by atoms with Crippen molar-refractivity contribution < 1.29 is 9.59 Å². The van der Waals surface area contributed by atoms with Gasteiger partial charge in [0.2, 0.25) is 5.91 Å². The fraction of sp³-hybridized carbons (Fsp3) is 0.154. The van der Waals surface area contributed by atoms with Gasteiger partial charge >= 0.3 is 0 Å². The Morgan fingerprint density at radius 1 is 1.33 bits per heavy atom. The van der Waals surface area contributed by atoms with Gasteiger partial charge in [0, 0.05) is 12.7 Å². The molecule has 5 nitrogen and oxygen atoms in total. The topological polar surface area (TPSA) is 64.0 Å². The van der Waals surface area contributed by atoms with E-state index in [1.807, 2.05) is 30.3 Å². The van der Waals surface area contributed by atoms with E-state index in [0.29, 0.717) is 18.5 Å². The Labute approximate surface area is 104 Å². The number of imidazole rings is 1. The zero-order valence-corrected chi connectivity index (χ0v) is 9.74. The molecule has 1 aromatic carbocycles. The summed E-state index contributed by atoms with van der Waals surface area (Å²) in [4.78, 5) is 25.9. The number of nitrogens with zero attached hydrogens (tertiary/aromatic N) is 2. The standard InChI is InChI=1S/C13H13N3O2/c17-9-12-7-16(10-15-12)8-13(18)14-6-11-4-2-1-3-5-11/h1-5,7,9-10H,6,8H2,(H,14,18). The molecule has 0 radical (unpaired) electrons. The zero-order chi connectivity index (χ0) is 12.8. The number of aromatic nitrogens is 2. The minimum Gasteiger partial charge on any atom is -0.350 e. The molecule has 92 valence electrons. The smallest absolute Gasteiger partial charge is 0.240 e. The lowest BCUT2D eigenvalue weighted by Crippen LogP contribution is -2.26. The van der Waals surface area contributed by atoms with E-state index in [9.17, 15) is 9.59 Å². The Morgan fingerprint density at radius 2 is 2.11 bits per heavy atom. The average molecular weight is 243 g/mol. The maximum absolute atomic E-state index is 11.6. The van der Waals surface area contributed by atoms with E-state index < -0.39 is 0 Å². The van der Waals surface area contributed by atoms with Gasteiger partial charge in [0.15, 0.2) is 6.29 Å². The molecule has 18 heavy (non-hydrogen) atoms. The number of hydrogen-bond donors (Lipinski definition) is 1. The van der Waals surface area contributed by atoms with Gasteiger partial charge in [-0.3, -0.25) is 9.59 Å². The molecule has 1 amide bonds. The van der Waals surface area contributed by atoms with Crippen molar-refractivity contribution in [2.24, 2.45) is 0 Å². The molecule has 0 aliphatic carbocycles. The number of carbonyl (C=O) groups is 2. The lowest BCUT2D eigenvalue weighted by molar-refractivity contribution is -0.121. The number of aldehydes is 1. The Balaban J connectivity index is 1.84. The molecule has 0 fully saturated rings. The molecule has 0 aliphatic rings. The van der Waals surface area contributed by atoms with Crippen LogP contribution in [0.25, 0.3) is 0 Å². The molecule has 1 heterocycles. The maximum Gasteiger partial charge on any atom is 0.240 e. The molecule has 0 saturated heterocycles. The van der Waals surface area contributed by atoms with Crippen LogP contribution in [0.15, 0.2) is 42.9 Å². The summed E-state index contributed by atoms with van der Waals surface area (Å²) in [6.45, 7) is 0.655. The number of rotatable bonds is 5. The molecule has 0 aliphatic heterocycles. The maximum atomic E-state index is 11.6. The van der Waals surface area contributed by atoms with Crippen molar-refractivity contribution >= 4 is 12.2 Å². The third-order valence-electron chi connectivity index (χ3n) is 2.43. The molecule has 0 atom stereocenters. The predicted octanol–water partition coefficient (Wildman–Crippen LogP) is 1.01. The monoisotopic (exact) mass is 243 g/mol. The summed E-state index contributed by atoms with van der Waals surface area (Å²) < 4.78 is 1.57. The van der Waals surface area contributed by atoms with Crippen molar-refractivity contribution in [3.05, 3.63) is 54.1 Å². The van der Waals surface area contributed by atoms with E-state index >= 15 is 0 Å². The lowest BCUT2D eigenvalue weighted by Gasteiger charge is -2.05. The van der Waals surface area contributed by atoms with Crippen molar-refractivity contribution in [2.45, 2.75) is 13.1 Å². The van der Waals surface area contributed by atoms with Crippen LogP contribution in [0, 0.1) is 0 Å². The average Bonchev–Trinajstić information content (AvgIpc) is 2.85. The van der Waals surface area contributed by atoms with Gasteiger partial charge in [-0.05, 0) is 5.56 Å². The van der Waals surface area contributed by atoms with Gasteiger partial charge < -0.3 is 9.88 Å². The fourth-order valence-electron chi connectivity index (χ4n) is 1.54. The number of carbonyl (C=O) groups excluding carboxylic acids is 2. The third kappa shape index (κ3) is 3.28. The molecule has 2 aromatic rings. The summed E-state index contributed by atoms with van der Waals surface area (Å²) in [5.41, 5.74) is 1.37. The summed E-state index contributed by atoms with van der Waals surface area (Å²) in [5, 5.41) is 2.80. The first-order valence-electron chi connectivity index (χ1n) is 5.55. The number of hydrogen-bond acceptors (Lipinski definition) is 3. The first-order valence-corrected chi connectivity index (χ1v) is 5.55. The SMILES string of the molecule is O=Cc1cn(CC(=O)NCc2ccccc2)cn1. The minimum absolute atomic E-state index is 0.117. The van der Waals surface area contributed by atoms with Crippen molar-refractivity contribution in [1.29, 1.82) is 0 Å². The first kappa shape index (κ1) is 12.0. The van der Waals surface area contributed by atoms with Crippen LogP contribution in [0.1, 0.15) is 16.1 Å². The normalized spacial score (nSPS) is 10.0. The summed E-state index contributed by atoms with van der Waals surface area (Å²) in [6, 6.07) is 9.67. The van der Waals surface area contributed by atoms with Gasteiger partial charge in [0.25, 0.3) is 0 Å². The highest BCUT2D eigenvalue weighted by Gasteiger charge is 2.03. The van der Waals surface area contributed by atoms with E-state index in [1.54, 1.807) is 4.57 Å². The second kappa shape index (κ2) is 5.77. The van der Waals surface area contributed by atoms with Crippen molar-refractivity contribution in [3.63, 3.8) is 0 Å². The summed E-state index contributed by atoms with van der Waals surface area (Å²) in [5.74, 6) is -0.117. The molecule has 1 N–H and O–H groups in total. The lowest BCUT2D eigenvalue weighted by atomic mass is 10.2. The fourth-order valence-corrected chi connectivity index (χ4v) is 1.54. The highest BCUT2D eigenvalue weighted by molar-refractivity contribution is 5.76. The molecule has 1 aromatic heterocycles. The van der Waals surface area contributed by atoms with E-state index in [1.165, 1.54) is 12.5 Å². The van der Waals surface area contributed by atoms with Crippen LogP contribution in [-0.4, -0.2) is 21.7 Å². The Hall–Kier alpha value is -2.43. The van der Waals surface area contributed by atoms with Gasteiger partial charge in [-0.1, -0.05) is 30.3 Å². The number of amides is 1. The van der Waals surface area contributed by atoms with E-state index in [2.05, 4.69) is 10.3 Å². The van der Waals surface area contributed by atoms with Crippen LogP contribution in [0.4, 0.5) is 0 Å². The molecule has 5 heteroatoms. The summed E-state index contributed by atoms with van der Waals surface area (Å²) >= 11 is 0. The van der Waals surface area contributed by atoms with Crippen molar-refractivity contribution in [1.82, 2.24) is 14.9 Å². The van der Waals surface area contributed by atoms with E-state index in [4.69, 9.17) is 0 Å². The van der Waals surface area contributed by atoms with E-state index in [-0.39, 0.29) is 12.5 Å². The molecule has 0 spiro atoms. The largest absolute Gasteiger partial charge is 0.350 e. The van der Waals surface area contributed by atoms with Gasteiger partial charge in [0.05, 0.1) is 6.33 Å². The summed E-state index contributed by atoms with van der Waals surface area (Å²) in [7, 11) is 0. The van der Waals surface area contributed by atoms with Crippen LogP contribution in [0.3, 0.4) is 0 Å². The van der Waals surface area contributed by atoms with Crippen molar-refractivity contribution in [2.75, 3.05) is 0 Å². The van der Waals surface area contributed by atoms with Gasteiger partial charge in [-0.15, -0.1) is 0 Å². The Bertz CT molecular complexity index is 534. The Morgan fingerprint density at radius 3 is 2.78 bits per heavy atom. The van der Waals surface area contributed by atoms with Crippen LogP contribution in [0.5, 0.6) is 0 Å². The zero-order valence-electron chi connectivity index (χ0n) is 9.74. The highest BCUT2D eigenvalue weighted by Crippen LogP contribution is 1.97. The number of benzene rings is 1. The Kier molecular flexibility index (Phi) is 3.86. The third-order valence-corrected chi connectivity index (χ3v) is 2.43. The van der Waals surface area contributed by atoms with Crippen LogP contribution in [0.2, 0.25) is 0 Å². The molecular weight excluding hydrogens is 230 g/mol. The molecule has 2 rings (SSSR count).